The summed E-state index contributed by atoms with van der Waals surface area (Å²) in [7, 11) is 1.61. The topological polar surface area (TPSA) is 114 Å². The van der Waals surface area contributed by atoms with E-state index >= 15 is 0 Å². The molecule has 0 bridgehead atoms. The second kappa shape index (κ2) is 9.92. The molecule has 0 saturated carbocycles. The Hall–Kier alpha value is -4.22. The second-order valence-corrected chi connectivity index (χ2v) is 9.44. The zero-order valence-electron chi connectivity index (χ0n) is 21.3. The van der Waals surface area contributed by atoms with Crippen LogP contribution in [0.3, 0.4) is 0 Å². The third kappa shape index (κ3) is 4.39. The van der Waals surface area contributed by atoms with E-state index in [9.17, 15) is 4.79 Å². The van der Waals surface area contributed by atoms with Gasteiger partial charge in [0.1, 0.15) is 17.9 Å². The molecule has 11 nitrogen and oxygen atoms in total. The van der Waals surface area contributed by atoms with Gasteiger partial charge in [0.2, 0.25) is 5.91 Å². The average Bonchev–Trinajstić information content (AvgIpc) is 3.41. The average molecular weight is 516 g/mol. The maximum absolute atomic E-state index is 12.2. The molecule has 0 aliphatic carbocycles. The molecular formula is C27H29N7O4. The Morgan fingerprint density at radius 2 is 2.11 bits per heavy atom. The van der Waals surface area contributed by atoms with E-state index in [0.717, 1.165) is 29.9 Å². The summed E-state index contributed by atoms with van der Waals surface area (Å²) >= 11 is 0. The first-order chi connectivity index (χ1) is 18.5. The highest BCUT2D eigenvalue weighted by Gasteiger charge is 2.48. The van der Waals surface area contributed by atoms with Crippen molar-refractivity contribution in [2.75, 3.05) is 47.5 Å². The third-order valence-electron chi connectivity index (χ3n) is 7.12. The standard InChI is InChI=1S/C27H29N7O4/c1-4-27(35)32-18-9-19(23(36-3)10-21(18)33-13-24-22(33)14-37-24)31-25-11-26(30-15-29-25)34-20(7-8-38-34)17-6-5-16(2)28-12-17/h4-6,9-12,15,20,22,24H,1,7-8,13-14H2,2-3H3,(H,32,35)(H,29,30,31)/t20-,22?,24?/m1/s1. The van der Waals surface area contributed by atoms with Crippen molar-refractivity contribution in [1.82, 2.24) is 15.0 Å². The van der Waals surface area contributed by atoms with Crippen LogP contribution in [0.15, 0.2) is 55.5 Å². The molecule has 3 aromatic rings. The van der Waals surface area contributed by atoms with Crippen LogP contribution < -0.4 is 25.3 Å². The number of anilines is 5. The van der Waals surface area contributed by atoms with Crippen LogP contribution in [-0.4, -0.2) is 59.9 Å². The molecule has 1 amide bonds. The van der Waals surface area contributed by atoms with Gasteiger partial charge in [-0.3, -0.25) is 14.6 Å². The Kier molecular flexibility index (Phi) is 6.30. The molecule has 0 radical (unpaired) electrons. The number of carbonyl (C=O) groups is 1. The van der Waals surface area contributed by atoms with E-state index in [4.69, 9.17) is 14.3 Å². The summed E-state index contributed by atoms with van der Waals surface area (Å²) in [5.74, 6) is 1.49. The summed E-state index contributed by atoms with van der Waals surface area (Å²) in [4.78, 5) is 33.7. The van der Waals surface area contributed by atoms with Crippen molar-refractivity contribution in [1.29, 1.82) is 0 Å². The number of pyridine rings is 1. The molecule has 0 spiro atoms. The summed E-state index contributed by atoms with van der Waals surface area (Å²) in [6.07, 6.45) is 5.68. The van der Waals surface area contributed by atoms with Crippen LogP contribution in [0.4, 0.5) is 28.7 Å². The van der Waals surface area contributed by atoms with Gasteiger partial charge in [-0.1, -0.05) is 12.6 Å². The SMILES string of the molecule is C=CC(=O)Nc1cc(Nc2cc(N3OCC[C@@H]3c3ccc(C)nc3)ncn2)c(OC)cc1N1CC2OCC21. The minimum absolute atomic E-state index is 0.00349. The number of aromatic nitrogens is 3. The van der Waals surface area contributed by atoms with Gasteiger partial charge in [0.05, 0.1) is 55.6 Å². The van der Waals surface area contributed by atoms with Crippen molar-refractivity contribution < 1.29 is 19.1 Å². The number of hydroxylamine groups is 1. The largest absolute Gasteiger partial charge is 0.494 e. The summed E-state index contributed by atoms with van der Waals surface area (Å²) in [6, 6.07) is 9.95. The van der Waals surface area contributed by atoms with Crippen LogP contribution in [-0.2, 0) is 14.4 Å². The van der Waals surface area contributed by atoms with E-state index in [0.29, 0.717) is 48.0 Å². The molecule has 2 unspecified atom stereocenters. The Balaban J connectivity index is 1.29. The monoisotopic (exact) mass is 515 g/mol. The minimum atomic E-state index is -0.295. The lowest BCUT2D eigenvalue weighted by Gasteiger charge is -2.56. The van der Waals surface area contributed by atoms with Crippen LogP contribution in [0, 0.1) is 6.92 Å². The van der Waals surface area contributed by atoms with Crippen LogP contribution in [0.1, 0.15) is 23.7 Å². The molecule has 3 aliphatic rings. The Bertz CT molecular complexity index is 1370. The summed E-state index contributed by atoms with van der Waals surface area (Å²) in [5.41, 5.74) is 4.18. The van der Waals surface area contributed by atoms with Crippen LogP contribution in [0.5, 0.6) is 5.75 Å². The maximum atomic E-state index is 12.2. The number of fused-ring (bicyclic) bond motifs is 1. The number of amides is 1. The van der Waals surface area contributed by atoms with Crippen LogP contribution in [0.2, 0.25) is 0 Å². The predicted octanol–water partition coefficient (Wildman–Crippen LogP) is 3.53. The number of carbonyl (C=O) groups excluding carboxylic acids is 1. The molecule has 1 aromatic carbocycles. The van der Waals surface area contributed by atoms with Gasteiger partial charge in [-0.15, -0.1) is 0 Å². The van der Waals surface area contributed by atoms with Crippen molar-refractivity contribution >= 4 is 34.6 Å². The lowest BCUT2D eigenvalue weighted by Crippen LogP contribution is -2.71. The number of morpholine rings is 1. The van der Waals surface area contributed by atoms with E-state index in [1.807, 2.05) is 37.4 Å². The number of ether oxygens (including phenoxy) is 2. The zero-order chi connectivity index (χ0) is 26.2. The van der Waals surface area contributed by atoms with Gasteiger partial charge in [0.25, 0.3) is 0 Å². The number of aryl methyl sites for hydroxylation is 1. The maximum Gasteiger partial charge on any atom is 0.247 e. The second-order valence-electron chi connectivity index (χ2n) is 9.44. The smallest absolute Gasteiger partial charge is 0.247 e. The number of rotatable bonds is 8. The van der Waals surface area contributed by atoms with Gasteiger partial charge >= 0.3 is 0 Å². The van der Waals surface area contributed by atoms with E-state index in [2.05, 4.69) is 43.1 Å². The quantitative estimate of drug-likeness (QED) is 0.432. The molecule has 3 atom stereocenters. The lowest BCUT2D eigenvalue weighted by atomic mass is 9.93. The normalized spacial score (nSPS) is 21.7. The first-order valence-electron chi connectivity index (χ1n) is 12.5. The lowest BCUT2D eigenvalue weighted by molar-refractivity contribution is -0.113. The van der Waals surface area contributed by atoms with Crippen molar-refractivity contribution in [2.24, 2.45) is 0 Å². The van der Waals surface area contributed by atoms with Crippen LogP contribution in [0.25, 0.3) is 0 Å². The number of hydrogen-bond donors (Lipinski definition) is 2. The molecule has 3 aliphatic heterocycles. The van der Waals surface area contributed by atoms with E-state index in [-0.39, 0.29) is 18.1 Å². The molecule has 38 heavy (non-hydrogen) atoms. The molecule has 6 rings (SSSR count). The van der Waals surface area contributed by atoms with E-state index < -0.39 is 0 Å². The molecule has 196 valence electrons. The number of benzene rings is 1. The zero-order valence-corrected chi connectivity index (χ0v) is 21.3. The van der Waals surface area contributed by atoms with Gasteiger partial charge in [0.15, 0.2) is 5.82 Å². The van der Waals surface area contributed by atoms with Crippen molar-refractivity contribution in [2.45, 2.75) is 31.5 Å². The fourth-order valence-corrected chi connectivity index (χ4v) is 4.96. The molecule has 11 heteroatoms. The van der Waals surface area contributed by atoms with Gasteiger partial charge in [-0.2, -0.15) is 0 Å². The van der Waals surface area contributed by atoms with Gasteiger partial charge in [0, 0.05) is 37.0 Å². The number of hydrogen-bond acceptors (Lipinski definition) is 10. The number of nitrogens with one attached hydrogen (secondary N) is 2. The first-order valence-corrected chi connectivity index (χ1v) is 12.5. The Morgan fingerprint density at radius 1 is 1.21 bits per heavy atom. The van der Waals surface area contributed by atoms with Crippen molar-refractivity contribution in [3.63, 3.8) is 0 Å². The molecule has 5 heterocycles. The summed E-state index contributed by atoms with van der Waals surface area (Å²) in [6.45, 7) is 7.56. The molecule has 3 saturated heterocycles. The molecule has 2 N–H and O–H groups in total. The van der Waals surface area contributed by atoms with E-state index in [1.54, 1.807) is 12.2 Å². The fourth-order valence-electron chi connectivity index (χ4n) is 4.96. The highest BCUT2D eigenvalue weighted by Crippen LogP contribution is 2.44. The van der Waals surface area contributed by atoms with E-state index in [1.165, 1.54) is 12.4 Å². The predicted molar refractivity (Wildman–Crippen MR) is 143 cm³/mol. The number of nitrogens with zero attached hydrogens (tertiary/aromatic N) is 5. The van der Waals surface area contributed by atoms with Gasteiger partial charge in [-0.25, -0.2) is 15.0 Å². The van der Waals surface area contributed by atoms with Gasteiger partial charge < -0.3 is 25.0 Å². The van der Waals surface area contributed by atoms with Crippen molar-refractivity contribution in [3.8, 4) is 5.75 Å². The Morgan fingerprint density at radius 3 is 2.79 bits per heavy atom. The first kappa shape index (κ1) is 24.1. The third-order valence-corrected chi connectivity index (χ3v) is 7.12. The summed E-state index contributed by atoms with van der Waals surface area (Å²) < 4.78 is 11.3. The minimum Gasteiger partial charge on any atom is -0.494 e. The van der Waals surface area contributed by atoms with Crippen LogP contribution >= 0.6 is 0 Å². The highest BCUT2D eigenvalue weighted by atomic mass is 16.7. The van der Waals surface area contributed by atoms with Crippen molar-refractivity contribution in [3.05, 3.63) is 66.8 Å². The number of methoxy groups -OCH3 is 1. The summed E-state index contributed by atoms with van der Waals surface area (Å²) in [5, 5.41) is 8.06. The Labute approximate surface area is 220 Å². The van der Waals surface area contributed by atoms with Gasteiger partial charge in [-0.05, 0) is 30.7 Å². The molecule has 2 aromatic heterocycles. The molecular weight excluding hydrogens is 486 g/mol. The molecule has 3 fully saturated rings. The fraction of sp³-hybridized carbons (Fsp3) is 0.333. The highest BCUT2D eigenvalue weighted by molar-refractivity contribution is 6.02.